The number of hydrogen-bond donors (Lipinski definition) is 1. The van der Waals surface area contributed by atoms with Crippen LogP contribution in [0.25, 0.3) is 5.69 Å². The van der Waals surface area contributed by atoms with Gasteiger partial charge < -0.3 is 5.32 Å². The minimum atomic E-state index is 0.124. The summed E-state index contributed by atoms with van der Waals surface area (Å²) in [6.45, 7) is 0.630. The van der Waals surface area contributed by atoms with Crippen molar-refractivity contribution in [3.05, 3.63) is 46.5 Å². The van der Waals surface area contributed by atoms with Crippen LogP contribution in [0.1, 0.15) is 29.8 Å². The summed E-state index contributed by atoms with van der Waals surface area (Å²) in [6, 6.07) is 10.0. The van der Waals surface area contributed by atoms with Crippen LogP contribution in [-0.4, -0.2) is 15.6 Å². The SMILES string of the molecule is N#Cc1ncn(-c2cccc(Cl)c2CNC2CC2)c1C#N. The molecule has 1 heterocycles. The van der Waals surface area contributed by atoms with E-state index < -0.39 is 0 Å². The van der Waals surface area contributed by atoms with Crippen LogP contribution in [0.4, 0.5) is 0 Å². The molecule has 3 rings (SSSR count). The third-order valence-electron chi connectivity index (χ3n) is 3.48. The zero-order valence-corrected chi connectivity index (χ0v) is 11.9. The molecule has 0 saturated heterocycles. The zero-order valence-electron chi connectivity index (χ0n) is 11.2. The molecule has 1 saturated carbocycles. The van der Waals surface area contributed by atoms with Crippen molar-refractivity contribution in [3.8, 4) is 17.8 Å². The first kappa shape index (κ1) is 13.6. The van der Waals surface area contributed by atoms with Crippen LogP contribution >= 0.6 is 11.6 Å². The Morgan fingerprint density at radius 3 is 2.81 bits per heavy atom. The van der Waals surface area contributed by atoms with Crippen molar-refractivity contribution >= 4 is 11.6 Å². The highest BCUT2D eigenvalue weighted by Crippen LogP contribution is 2.27. The van der Waals surface area contributed by atoms with Gasteiger partial charge in [0.05, 0.1) is 5.69 Å². The molecular formula is C15H12ClN5. The lowest BCUT2D eigenvalue weighted by Gasteiger charge is -2.13. The number of benzene rings is 1. The summed E-state index contributed by atoms with van der Waals surface area (Å²) in [5.41, 5.74) is 2.04. The largest absolute Gasteiger partial charge is 0.310 e. The molecule has 0 radical (unpaired) electrons. The number of halogens is 1. The maximum absolute atomic E-state index is 9.26. The average Bonchev–Trinajstić information content (AvgIpc) is 3.23. The van der Waals surface area contributed by atoms with Gasteiger partial charge in [-0.3, -0.25) is 4.57 Å². The number of rotatable bonds is 4. The lowest BCUT2D eigenvalue weighted by molar-refractivity contribution is 0.684. The molecule has 5 nitrogen and oxygen atoms in total. The molecule has 6 heteroatoms. The summed E-state index contributed by atoms with van der Waals surface area (Å²) in [5, 5.41) is 22.3. The number of nitrogens with one attached hydrogen (secondary N) is 1. The summed E-state index contributed by atoms with van der Waals surface area (Å²) in [6.07, 6.45) is 3.86. The van der Waals surface area contributed by atoms with Crippen molar-refractivity contribution in [2.24, 2.45) is 0 Å². The van der Waals surface area contributed by atoms with E-state index >= 15 is 0 Å². The second-order valence-corrected chi connectivity index (χ2v) is 5.34. The fraction of sp³-hybridized carbons (Fsp3) is 0.267. The number of imidazole rings is 1. The Morgan fingerprint density at radius 1 is 1.33 bits per heavy atom. The number of nitrogens with zero attached hydrogens (tertiary/aromatic N) is 4. The molecule has 21 heavy (non-hydrogen) atoms. The van der Waals surface area contributed by atoms with E-state index in [0.29, 0.717) is 17.6 Å². The maximum Gasteiger partial charge on any atom is 0.177 e. The Balaban J connectivity index is 2.05. The van der Waals surface area contributed by atoms with Gasteiger partial charge in [0.2, 0.25) is 0 Å². The van der Waals surface area contributed by atoms with Gasteiger partial charge in [0.1, 0.15) is 18.5 Å². The van der Waals surface area contributed by atoms with Gasteiger partial charge in [-0.25, -0.2) is 4.98 Å². The van der Waals surface area contributed by atoms with Crippen molar-refractivity contribution < 1.29 is 0 Å². The van der Waals surface area contributed by atoms with Crippen LogP contribution in [0, 0.1) is 22.7 Å². The summed E-state index contributed by atoms with van der Waals surface area (Å²) in [4.78, 5) is 3.98. The van der Waals surface area contributed by atoms with Crippen molar-refractivity contribution in [2.75, 3.05) is 0 Å². The van der Waals surface area contributed by atoms with Crippen LogP contribution in [0.15, 0.2) is 24.5 Å². The molecule has 1 N–H and O–H groups in total. The second-order valence-electron chi connectivity index (χ2n) is 4.93. The molecule has 1 aliphatic carbocycles. The smallest absolute Gasteiger partial charge is 0.177 e. The Bertz CT molecular complexity index is 761. The summed E-state index contributed by atoms with van der Waals surface area (Å²) in [7, 11) is 0. The first-order valence-corrected chi connectivity index (χ1v) is 7.01. The predicted molar refractivity (Wildman–Crippen MR) is 77.9 cm³/mol. The maximum atomic E-state index is 9.26. The van der Waals surface area contributed by atoms with E-state index in [1.807, 2.05) is 30.3 Å². The van der Waals surface area contributed by atoms with E-state index in [1.165, 1.54) is 19.2 Å². The van der Waals surface area contributed by atoms with E-state index in [4.69, 9.17) is 16.9 Å². The molecule has 1 aromatic heterocycles. The van der Waals surface area contributed by atoms with Gasteiger partial charge in [0.15, 0.2) is 11.4 Å². The van der Waals surface area contributed by atoms with E-state index in [1.54, 1.807) is 4.57 Å². The standard InChI is InChI=1S/C15H12ClN5/c16-12-2-1-3-14(11(12)8-19-10-4-5-10)21-9-20-13(6-17)15(21)7-18/h1-3,9-10,19H,4-5,8H2. The zero-order chi connectivity index (χ0) is 14.8. The minimum Gasteiger partial charge on any atom is -0.310 e. The predicted octanol–water partition coefficient (Wildman–Crippen LogP) is 2.52. The van der Waals surface area contributed by atoms with E-state index in [9.17, 15) is 5.26 Å². The van der Waals surface area contributed by atoms with Crippen LogP contribution in [0.3, 0.4) is 0 Å². The minimum absolute atomic E-state index is 0.124. The van der Waals surface area contributed by atoms with Crippen LogP contribution < -0.4 is 5.32 Å². The molecule has 104 valence electrons. The van der Waals surface area contributed by atoms with E-state index in [-0.39, 0.29) is 11.4 Å². The number of hydrogen-bond acceptors (Lipinski definition) is 4. The summed E-state index contributed by atoms with van der Waals surface area (Å²) >= 11 is 6.30. The summed E-state index contributed by atoms with van der Waals surface area (Å²) in [5.74, 6) is 0. The Labute approximate surface area is 127 Å². The normalized spacial score (nSPS) is 13.7. The van der Waals surface area contributed by atoms with Gasteiger partial charge in [-0.05, 0) is 25.0 Å². The highest BCUT2D eigenvalue weighted by molar-refractivity contribution is 6.31. The third-order valence-corrected chi connectivity index (χ3v) is 3.83. The first-order valence-electron chi connectivity index (χ1n) is 6.63. The van der Waals surface area contributed by atoms with Crippen molar-refractivity contribution in [2.45, 2.75) is 25.4 Å². The molecule has 0 spiro atoms. The molecule has 0 bridgehead atoms. The molecule has 0 unspecified atom stereocenters. The summed E-state index contributed by atoms with van der Waals surface area (Å²) < 4.78 is 1.62. The second kappa shape index (κ2) is 5.57. The average molecular weight is 298 g/mol. The van der Waals surface area contributed by atoms with Crippen molar-refractivity contribution in [1.82, 2.24) is 14.9 Å². The van der Waals surface area contributed by atoms with Crippen LogP contribution in [0.5, 0.6) is 0 Å². The van der Waals surface area contributed by atoms with Gasteiger partial charge in [0, 0.05) is 23.2 Å². The molecule has 2 aromatic rings. The molecular weight excluding hydrogens is 286 g/mol. The number of nitriles is 2. The first-order chi connectivity index (χ1) is 10.2. The highest BCUT2D eigenvalue weighted by Gasteiger charge is 2.22. The molecule has 0 atom stereocenters. The molecule has 1 aromatic carbocycles. The fourth-order valence-corrected chi connectivity index (χ4v) is 2.44. The monoisotopic (exact) mass is 297 g/mol. The number of aromatic nitrogens is 2. The highest BCUT2D eigenvalue weighted by atomic mass is 35.5. The van der Waals surface area contributed by atoms with Crippen molar-refractivity contribution in [1.29, 1.82) is 10.5 Å². The lowest BCUT2D eigenvalue weighted by Crippen LogP contribution is -2.17. The quantitative estimate of drug-likeness (QED) is 0.940. The van der Waals surface area contributed by atoms with Crippen LogP contribution in [-0.2, 0) is 6.54 Å². The van der Waals surface area contributed by atoms with E-state index in [2.05, 4.69) is 10.3 Å². The molecule has 1 aliphatic rings. The Morgan fingerprint density at radius 2 is 2.14 bits per heavy atom. The van der Waals surface area contributed by atoms with Gasteiger partial charge in [0.25, 0.3) is 0 Å². The van der Waals surface area contributed by atoms with E-state index in [0.717, 1.165) is 11.3 Å². The van der Waals surface area contributed by atoms with Gasteiger partial charge in [-0.15, -0.1) is 0 Å². The fourth-order valence-electron chi connectivity index (χ4n) is 2.20. The molecule has 1 fully saturated rings. The molecule has 0 aliphatic heterocycles. The molecule has 0 amide bonds. The van der Waals surface area contributed by atoms with Crippen molar-refractivity contribution in [3.63, 3.8) is 0 Å². The van der Waals surface area contributed by atoms with Crippen LogP contribution in [0.2, 0.25) is 5.02 Å². The topological polar surface area (TPSA) is 77.4 Å². The van der Waals surface area contributed by atoms with Gasteiger partial charge in [-0.2, -0.15) is 10.5 Å². The lowest BCUT2D eigenvalue weighted by atomic mass is 10.1. The third kappa shape index (κ3) is 2.62. The Kier molecular flexibility index (Phi) is 3.62. The Hall–Kier alpha value is -2.34. The van der Waals surface area contributed by atoms with Gasteiger partial charge in [-0.1, -0.05) is 17.7 Å². The van der Waals surface area contributed by atoms with Gasteiger partial charge >= 0.3 is 0 Å².